The summed E-state index contributed by atoms with van der Waals surface area (Å²) in [6.45, 7) is 5.61. The van der Waals surface area contributed by atoms with Crippen LogP contribution in [0, 0.1) is 0 Å². The quantitative estimate of drug-likeness (QED) is 0.419. The van der Waals surface area contributed by atoms with Gasteiger partial charge in [-0.05, 0) is 12.0 Å². The molecule has 0 aliphatic heterocycles. The number of aliphatic imine (C=N–C) groups is 1. The van der Waals surface area contributed by atoms with E-state index in [-0.39, 0.29) is 24.0 Å². The van der Waals surface area contributed by atoms with E-state index < -0.39 is 0 Å². The second kappa shape index (κ2) is 9.78. The lowest BCUT2D eigenvalue weighted by atomic mass is 10.1. The number of rotatable bonds is 6. The van der Waals surface area contributed by atoms with Gasteiger partial charge in [-0.3, -0.25) is 0 Å². The van der Waals surface area contributed by atoms with Gasteiger partial charge in [0.25, 0.3) is 0 Å². The zero-order chi connectivity index (χ0) is 15.1. The average molecular weight is 430 g/mol. The summed E-state index contributed by atoms with van der Waals surface area (Å²) in [7, 11) is 0. The largest absolute Gasteiger partial charge is 0.370 e. The van der Waals surface area contributed by atoms with Gasteiger partial charge in [-0.25, -0.2) is 9.98 Å². The molecule has 0 aliphatic carbocycles. The van der Waals surface area contributed by atoms with Crippen molar-refractivity contribution in [2.75, 3.05) is 6.54 Å². The third-order valence-electron chi connectivity index (χ3n) is 3.04. The van der Waals surface area contributed by atoms with E-state index in [1.165, 1.54) is 5.56 Å². The molecule has 0 radical (unpaired) electrons. The molecule has 1 heterocycles. The Bertz CT molecular complexity index is 581. The molecule has 0 atom stereocenters. The van der Waals surface area contributed by atoms with Crippen LogP contribution >= 0.6 is 35.3 Å². The highest BCUT2D eigenvalue weighted by Gasteiger charge is 2.05. The Labute approximate surface area is 153 Å². The highest BCUT2D eigenvalue weighted by atomic mass is 127. The molecule has 0 saturated carbocycles. The lowest BCUT2D eigenvalue weighted by Gasteiger charge is -2.05. The van der Waals surface area contributed by atoms with Gasteiger partial charge in [0.2, 0.25) is 0 Å². The summed E-state index contributed by atoms with van der Waals surface area (Å²) >= 11 is 1.68. The standard InChI is InChI=1S/C16H22N4S.HI/c1-12(2)15-20-14(11-21-15)10-19-16(17)18-9-8-13-6-4-3-5-7-13;/h3-7,11-12H,8-10H2,1-2H3,(H3,17,18,19);1H. The predicted octanol–water partition coefficient (Wildman–Crippen LogP) is 3.53. The molecule has 4 nitrogen and oxygen atoms in total. The first-order chi connectivity index (χ1) is 10.1. The number of nitrogens with two attached hydrogens (primary N) is 1. The highest BCUT2D eigenvalue weighted by Crippen LogP contribution is 2.19. The first kappa shape index (κ1) is 18.9. The fraction of sp³-hybridized carbons (Fsp3) is 0.375. The summed E-state index contributed by atoms with van der Waals surface area (Å²) in [5, 5.41) is 6.33. The smallest absolute Gasteiger partial charge is 0.188 e. The van der Waals surface area contributed by atoms with Gasteiger partial charge in [-0.1, -0.05) is 44.2 Å². The Morgan fingerprint density at radius 3 is 2.68 bits per heavy atom. The maximum absolute atomic E-state index is 5.87. The summed E-state index contributed by atoms with van der Waals surface area (Å²) < 4.78 is 0. The molecule has 0 unspecified atom stereocenters. The maximum Gasteiger partial charge on any atom is 0.188 e. The van der Waals surface area contributed by atoms with Gasteiger partial charge < -0.3 is 11.1 Å². The summed E-state index contributed by atoms with van der Waals surface area (Å²) in [5.74, 6) is 0.944. The van der Waals surface area contributed by atoms with Crippen molar-refractivity contribution in [3.8, 4) is 0 Å². The van der Waals surface area contributed by atoms with Gasteiger partial charge in [0.15, 0.2) is 5.96 Å². The van der Waals surface area contributed by atoms with Gasteiger partial charge in [0.05, 0.1) is 17.2 Å². The van der Waals surface area contributed by atoms with Crippen molar-refractivity contribution in [2.24, 2.45) is 10.7 Å². The zero-order valence-electron chi connectivity index (χ0n) is 13.0. The number of nitrogens with one attached hydrogen (secondary N) is 1. The Morgan fingerprint density at radius 2 is 2.05 bits per heavy atom. The number of hydrogen-bond donors (Lipinski definition) is 2. The Hall–Kier alpha value is -1.15. The van der Waals surface area contributed by atoms with Crippen LogP contribution in [0.5, 0.6) is 0 Å². The molecular weight excluding hydrogens is 407 g/mol. The van der Waals surface area contributed by atoms with Crippen LogP contribution in [0.25, 0.3) is 0 Å². The van der Waals surface area contributed by atoms with Crippen LogP contribution in [-0.4, -0.2) is 17.5 Å². The van der Waals surface area contributed by atoms with Gasteiger partial charge >= 0.3 is 0 Å². The second-order valence-electron chi connectivity index (χ2n) is 5.20. The number of guanidine groups is 1. The van der Waals surface area contributed by atoms with Crippen molar-refractivity contribution >= 4 is 41.3 Å². The second-order valence-corrected chi connectivity index (χ2v) is 6.09. The number of thiazole rings is 1. The molecule has 6 heteroatoms. The number of halogens is 1. The van der Waals surface area contributed by atoms with Crippen molar-refractivity contribution in [3.63, 3.8) is 0 Å². The highest BCUT2D eigenvalue weighted by molar-refractivity contribution is 14.0. The fourth-order valence-corrected chi connectivity index (χ4v) is 2.69. The van der Waals surface area contributed by atoms with E-state index >= 15 is 0 Å². The third kappa shape index (κ3) is 6.31. The van der Waals surface area contributed by atoms with Crippen molar-refractivity contribution in [2.45, 2.75) is 32.7 Å². The molecule has 0 fully saturated rings. The minimum atomic E-state index is 0. The molecule has 22 heavy (non-hydrogen) atoms. The maximum atomic E-state index is 5.87. The summed E-state index contributed by atoms with van der Waals surface area (Å²) in [4.78, 5) is 8.86. The van der Waals surface area contributed by atoms with E-state index in [9.17, 15) is 0 Å². The molecule has 2 rings (SSSR count). The molecule has 0 bridgehead atoms. The summed E-state index contributed by atoms with van der Waals surface area (Å²) in [6.07, 6.45) is 0.936. The van der Waals surface area contributed by atoms with Crippen LogP contribution in [-0.2, 0) is 13.0 Å². The van der Waals surface area contributed by atoms with Gasteiger partial charge in [-0.15, -0.1) is 35.3 Å². The lowest BCUT2D eigenvalue weighted by Crippen LogP contribution is -2.33. The topological polar surface area (TPSA) is 63.3 Å². The van der Waals surface area contributed by atoms with E-state index in [2.05, 4.69) is 46.7 Å². The third-order valence-corrected chi connectivity index (χ3v) is 4.23. The summed E-state index contributed by atoms with van der Waals surface area (Å²) in [5.41, 5.74) is 8.14. The molecule has 0 amide bonds. The number of aromatic nitrogens is 1. The monoisotopic (exact) mass is 430 g/mol. The van der Waals surface area contributed by atoms with Crippen LogP contribution in [0.3, 0.4) is 0 Å². The Morgan fingerprint density at radius 1 is 1.32 bits per heavy atom. The first-order valence-electron chi connectivity index (χ1n) is 7.17. The van der Waals surface area contributed by atoms with E-state index in [0.29, 0.717) is 18.4 Å². The average Bonchev–Trinajstić information content (AvgIpc) is 2.95. The fourth-order valence-electron chi connectivity index (χ4n) is 1.86. The predicted molar refractivity (Wildman–Crippen MR) is 105 cm³/mol. The molecule has 0 saturated heterocycles. The van der Waals surface area contributed by atoms with Crippen molar-refractivity contribution < 1.29 is 0 Å². The Kier molecular flexibility index (Phi) is 8.40. The van der Waals surface area contributed by atoms with E-state index in [4.69, 9.17) is 5.73 Å². The molecule has 120 valence electrons. The summed E-state index contributed by atoms with van der Waals surface area (Å²) in [6, 6.07) is 10.3. The molecule has 0 aliphatic rings. The number of benzene rings is 1. The SMILES string of the molecule is CC(C)c1nc(CN=C(N)NCCc2ccccc2)cs1.I. The molecule has 0 spiro atoms. The van der Waals surface area contributed by atoms with E-state index in [0.717, 1.165) is 23.7 Å². The normalized spacial score (nSPS) is 11.3. The van der Waals surface area contributed by atoms with E-state index in [1.54, 1.807) is 11.3 Å². The molecule has 1 aromatic heterocycles. The van der Waals surface area contributed by atoms with Crippen molar-refractivity contribution in [3.05, 3.63) is 52.0 Å². The zero-order valence-corrected chi connectivity index (χ0v) is 16.1. The van der Waals surface area contributed by atoms with Gasteiger partial charge in [0.1, 0.15) is 0 Å². The minimum Gasteiger partial charge on any atom is -0.370 e. The molecule has 3 N–H and O–H groups in total. The molecular formula is C16H23IN4S. The lowest BCUT2D eigenvalue weighted by molar-refractivity contribution is 0.827. The van der Waals surface area contributed by atoms with Crippen molar-refractivity contribution in [1.29, 1.82) is 0 Å². The minimum absolute atomic E-state index is 0. The van der Waals surface area contributed by atoms with Crippen LogP contribution in [0.4, 0.5) is 0 Å². The van der Waals surface area contributed by atoms with Crippen LogP contribution in [0.1, 0.15) is 36.0 Å². The van der Waals surface area contributed by atoms with Crippen molar-refractivity contribution in [1.82, 2.24) is 10.3 Å². The van der Waals surface area contributed by atoms with Crippen LogP contribution in [0.15, 0.2) is 40.7 Å². The van der Waals surface area contributed by atoms with Gasteiger partial charge in [0, 0.05) is 17.8 Å². The number of hydrogen-bond acceptors (Lipinski definition) is 3. The van der Waals surface area contributed by atoms with E-state index in [1.807, 2.05) is 18.2 Å². The Balaban J connectivity index is 0.00000242. The van der Waals surface area contributed by atoms with Crippen LogP contribution < -0.4 is 11.1 Å². The first-order valence-corrected chi connectivity index (χ1v) is 8.05. The molecule has 2 aromatic rings. The molecule has 1 aromatic carbocycles. The number of nitrogens with zero attached hydrogens (tertiary/aromatic N) is 2. The van der Waals surface area contributed by atoms with Gasteiger partial charge in [-0.2, -0.15) is 0 Å². The van der Waals surface area contributed by atoms with Crippen LogP contribution in [0.2, 0.25) is 0 Å².